The lowest BCUT2D eigenvalue weighted by Crippen LogP contribution is -2.45. The Labute approximate surface area is 201 Å². The number of hydrogen-bond acceptors (Lipinski definition) is 7. The predicted molar refractivity (Wildman–Crippen MR) is 127 cm³/mol. The lowest BCUT2D eigenvalue weighted by molar-refractivity contribution is 0.0621. The monoisotopic (exact) mass is 489 g/mol. The second-order valence-electron chi connectivity index (χ2n) is 8.18. The molecule has 0 radical (unpaired) electrons. The van der Waals surface area contributed by atoms with Crippen LogP contribution < -0.4 is 10.2 Å². The molecule has 0 unspecified atom stereocenters. The summed E-state index contributed by atoms with van der Waals surface area (Å²) in [5.41, 5.74) is 1.38. The number of nitrogens with one attached hydrogen (secondary N) is 1. The molecule has 4 rings (SSSR count). The van der Waals surface area contributed by atoms with Crippen LogP contribution in [0.2, 0.25) is 5.02 Å². The molecule has 0 bridgehead atoms. The van der Waals surface area contributed by atoms with Gasteiger partial charge in [0.05, 0.1) is 29.6 Å². The topological polar surface area (TPSA) is 83.4 Å². The van der Waals surface area contributed by atoms with Crippen LogP contribution in [0.15, 0.2) is 42.9 Å². The molecule has 180 valence electrons. The molecule has 1 aromatic carbocycles. The summed E-state index contributed by atoms with van der Waals surface area (Å²) >= 11 is 6.39. The van der Waals surface area contributed by atoms with Crippen molar-refractivity contribution in [2.24, 2.45) is 0 Å². The van der Waals surface area contributed by atoms with E-state index in [0.717, 1.165) is 32.0 Å². The molecule has 2 N–H and O–H groups in total. The van der Waals surface area contributed by atoms with Crippen LogP contribution in [0, 0.1) is 11.6 Å². The molecule has 10 heteroatoms. The standard InChI is InChI=1S/C24H26ClF2N5O2/c1-34-14-17(33)11-29-16-5-8-32(9-6-16)22-13-30-23(19-3-2-15(26)10-21(19)27)24(31-22)18-4-7-28-12-20(18)25/h2-4,7,10,12-13,16-17,29,33H,5-6,8-9,11,14H2,1H3/t17-/m1/s1. The lowest BCUT2D eigenvalue weighted by Gasteiger charge is -2.33. The van der Waals surface area contributed by atoms with E-state index in [1.54, 1.807) is 25.6 Å². The minimum atomic E-state index is -0.726. The number of anilines is 1. The number of methoxy groups -OCH3 is 1. The van der Waals surface area contributed by atoms with Crippen LogP contribution in [0.3, 0.4) is 0 Å². The first kappa shape index (κ1) is 24.4. The molecule has 0 spiro atoms. The van der Waals surface area contributed by atoms with Crippen molar-refractivity contribution >= 4 is 17.4 Å². The molecule has 1 atom stereocenters. The van der Waals surface area contributed by atoms with Gasteiger partial charge in [-0.05, 0) is 31.0 Å². The maximum Gasteiger partial charge on any atom is 0.147 e. The Balaban J connectivity index is 1.58. The average Bonchev–Trinajstić information content (AvgIpc) is 2.84. The second kappa shape index (κ2) is 11.1. The maximum atomic E-state index is 14.6. The molecule has 34 heavy (non-hydrogen) atoms. The molecule has 1 saturated heterocycles. The minimum absolute atomic E-state index is 0.140. The van der Waals surface area contributed by atoms with Crippen molar-refractivity contribution in [2.45, 2.75) is 25.0 Å². The van der Waals surface area contributed by atoms with E-state index in [1.807, 2.05) is 0 Å². The SMILES string of the molecule is COC[C@H](O)CNC1CCN(c2cnc(-c3ccc(F)cc3F)c(-c3ccncc3Cl)n2)CC1. The summed E-state index contributed by atoms with van der Waals surface area (Å²) < 4.78 is 33.1. The zero-order valence-corrected chi connectivity index (χ0v) is 19.5. The number of nitrogens with zero attached hydrogens (tertiary/aromatic N) is 4. The van der Waals surface area contributed by atoms with Gasteiger partial charge in [-0.3, -0.25) is 4.98 Å². The third-order valence-electron chi connectivity index (χ3n) is 5.79. The first-order valence-corrected chi connectivity index (χ1v) is 11.4. The molecular weight excluding hydrogens is 464 g/mol. The summed E-state index contributed by atoms with van der Waals surface area (Å²) in [6.07, 6.45) is 5.86. The third-order valence-corrected chi connectivity index (χ3v) is 6.09. The zero-order chi connectivity index (χ0) is 24.1. The normalized spacial score (nSPS) is 15.5. The Kier molecular flexibility index (Phi) is 7.99. The molecule has 2 aromatic heterocycles. The minimum Gasteiger partial charge on any atom is -0.389 e. The molecular formula is C24H26ClF2N5O2. The smallest absolute Gasteiger partial charge is 0.147 e. The van der Waals surface area contributed by atoms with Gasteiger partial charge in [-0.25, -0.2) is 18.7 Å². The van der Waals surface area contributed by atoms with E-state index in [9.17, 15) is 13.9 Å². The number of aromatic nitrogens is 3. The number of rotatable bonds is 8. The van der Waals surface area contributed by atoms with Gasteiger partial charge >= 0.3 is 0 Å². The van der Waals surface area contributed by atoms with Gasteiger partial charge in [-0.1, -0.05) is 11.6 Å². The van der Waals surface area contributed by atoms with Crippen molar-refractivity contribution in [3.63, 3.8) is 0 Å². The number of pyridine rings is 1. The number of ether oxygens (including phenoxy) is 1. The summed E-state index contributed by atoms with van der Waals surface area (Å²) in [7, 11) is 1.56. The Morgan fingerprint density at radius 3 is 2.68 bits per heavy atom. The van der Waals surface area contributed by atoms with Gasteiger partial charge in [-0.15, -0.1) is 0 Å². The van der Waals surface area contributed by atoms with Crippen LogP contribution in [0.25, 0.3) is 22.5 Å². The first-order valence-electron chi connectivity index (χ1n) is 11.0. The summed E-state index contributed by atoms with van der Waals surface area (Å²) in [4.78, 5) is 15.5. The number of aliphatic hydroxyl groups is 1. The van der Waals surface area contributed by atoms with Gasteiger partial charge in [0.25, 0.3) is 0 Å². The van der Waals surface area contributed by atoms with E-state index in [0.29, 0.717) is 35.2 Å². The summed E-state index contributed by atoms with van der Waals surface area (Å²) in [6.45, 7) is 2.24. The quantitative estimate of drug-likeness (QED) is 0.499. The highest BCUT2D eigenvalue weighted by molar-refractivity contribution is 6.33. The van der Waals surface area contributed by atoms with Crippen LogP contribution in [0.1, 0.15) is 12.8 Å². The van der Waals surface area contributed by atoms with Crippen molar-refractivity contribution in [3.05, 3.63) is 59.5 Å². The zero-order valence-electron chi connectivity index (χ0n) is 18.7. The molecule has 0 saturated carbocycles. The fourth-order valence-corrected chi connectivity index (χ4v) is 4.24. The van der Waals surface area contributed by atoms with Gasteiger partial charge in [0.15, 0.2) is 0 Å². The van der Waals surface area contributed by atoms with E-state index in [-0.39, 0.29) is 17.3 Å². The van der Waals surface area contributed by atoms with Crippen molar-refractivity contribution in [2.75, 3.05) is 38.3 Å². The molecule has 0 aliphatic carbocycles. The van der Waals surface area contributed by atoms with Crippen LogP contribution >= 0.6 is 11.6 Å². The molecule has 0 amide bonds. The molecule has 3 aromatic rings. The Hall–Kier alpha value is -2.72. The average molecular weight is 490 g/mol. The molecule has 3 heterocycles. The number of aliphatic hydroxyl groups excluding tert-OH is 1. The van der Waals surface area contributed by atoms with Gasteiger partial charge in [0, 0.05) is 62.4 Å². The Bertz CT molecular complexity index is 1130. The number of benzene rings is 1. The van der Waals surface area contributed by atoms with Crippen LogP contribution in [-0.4, -0.2) is 65.6 Å². The largest absolute Gasteiger partial charge is 0.389 e. The van der Waals surface area contributed by atoms with E-state index < -0.39 is 17.7 Å². The van der Waals surface area contributed by atoms with E-state index in [4.69, 9.17) is 21.3 Å². The Morgan fingerprint density at radius 2 is 1.97 bits per heavy atom. The van der Waals surface area contributed by atoms with Crippen LogP contribution in [-0.2, 0) is 4.74 Å². The summed E-state index contributed by atoms with van der Waals surface area (Å²) in [5, 5.41) is 13.6. The highest BCUT2D eigenvalue weighted by atomic mass is 35.5. The van der Waals surface area contributed by atoms with E-state index in [2.05, 4.69) is 20.2 Å². The fraction of sp³-hybridized carbons (Fsp3) is 0.375. The van der Waals surface area contributed by atoms with Gasteiger partial charge < -0.3 is 20.1 Å². The summed E-state index contributed by atoms with van der Waals surface area (Å²) in [6, 6.07) is 5.33. The first-order chi connectivity index (χ1) is 16.5. The number of halogens is 3. The van der Waals surface area contributed by atoms with E-state index in [1.165, 1.54) is 18.3 Å². The maximum absolute atomic E-state index is 14.6. The van der Waals surface area contributed by atoms with Crippen molar-refractivity contribution in [1.29, 1.82) is 0 Å². The molecule has 1 aliphatic heterocycles. The van der Waals surface area contributed by atoms with Crippen molar-refractivity contribution in [1.82, 2.24) is 20.3 Å². The number of piperidine rings is 1. The third kappa shape index (κ3) is 5.67. The van der Waals surface area contributed by atoms with Crippen LogP contribution in [0.5, 0.6) is 0 Å². The van der Waals surface area contributed by atoms with Crippen molar-refractivity contribution in [3.8, 4) is 22.5 Å². The van der Waals surface area contributed by atoms with Gasteiger partial charge in [0.1, 0.15) is 23.1 Å². The van der Waals surface area contributed by atoms with E-state index >= 15 is 0 Å². The van der Waals surface area contributed by atoms with Crippen molar-refractivity contribution < 1.29 is 18.6 Å². The lowest BCUT2D eigenvalue weighted by atomic mass is 10.0. The van der Waals surface area contributed by atoms with Crippen LogP contribution in [0.4, 0.5) is 14.6 Å². The fourth-order valence-electron chi connectivity index (χ4n) is 4.03. The second-order valence-corrected chi connectivity index (χ2v) is 8.59. The van der Waals surface area contributed by atoms with Gasteiger partial charge in [-0.2, -0.15) is 0 Å². The predicted octanol–water partition coefficient (Wildman–Crippen LogP) is 3.70. The highest BCUT2D eigenvalue weighted by Gasteiger charge is 2.24. The molecule has 7 nitrogen and oxygen atoms in total. The number of hydrogen-bond donors (Lipinski definition) is 2. The molecule has 1 fully saturated rings. The summed E-state index contributed by atoms with van der Waals surface area (Å²) in [5.74, 6) is -0.747. The Morgan fingerprint density at radius 1 is 1.18 bits per heavy atom. The highest BCUT2D eigenvalue weighted by Crippen LogP contribution is 2.35. The molecule has 1 aliphatic rings. The van der Waals surface area contributed by atoms with Gasteiger partial charge in [0.2, 0.25) is 0 Å².